The molecule has 0 aliphatic heterocycles. The molecular formula is C10H11N7O2. The van der Waals surface area contributed by atoms with E-state index in [9.17, 15) is 4.79 Å². The molecule has 0 amide bonds. The maximum absolute atomic E-state index is 11.7. The lowest BCUT2D eigenvalue weighted by atomic mass is 10.3. The number of nitrogens with one attached hydrogen (secondary N) is 1. The fourth-order valence-electron chi connectivity index (χ4n) is 1.76. The average Bonchev–Trinajstić information content (AvgIpc) is 2.99. The molecule has 3 rings (SSSR count). The van der Waals surface area contributed by atoms with Gasteiger partial charge in [-0.05, 0) is 0 Å². The highest BCUT2D eigenvalue weighted by Gasteiger charge is 2.06. The molecule has 0 spiro atoms. The standard InChI is InChI=1S/C10H11N7O2/c18-2-1-7-4-16(15-14-7)5-8-3-9(19)17-10(13-8)11-6-12-17/h3-4,6,18H,1-2,5H2,(H,11,12,13). The summed E-state index contributed by atoms with van der Waals surface area (Å²) in [6, 6.07) is 1.42. The molecule has 0 saturated carbocycles. The molecule has 3 aromatic rings. The average molecular weight is 261 g/mol. The second-order valence-electron chi connectivity index (χ2n) is 3.99. The molecule has 0 fully saturated rings. The van der Waals surface area contributed by atoms with Gasteiger partial charge in [0.15, 0.2) is 0 Å². The van der Waals surface area contributed by atoms with E-state index in [2.05, 4.69) is 25.4 Å². The minimum Gasteiger partial charge on any atom is -0.396 e. The Bertz CT molecular complexity index is 756. The monoisotopic (exact) mass is 261 g/mol. The molecule has 2 N–H and O–H groups in total. The summed E-state index contributed by atoms with van der Waals surface area (Å²) in [5.41, 5.74) is 1.02. The van der Waals surface area contributed by atoms with Gasteiger partial charge in [0.1, 0.15) is 6.33 Å². The summed E-state index contributed by atoms with van der Waals surface area (Å²) >= 11 is 0. The first-order chi connectivity index (χ1) is 9.26. The molecule has 9 nitrogen and oxygen atoms in total. The first-order valence-electron chi connectivity index (χ1n) is 5.68. The SMILES string of the molecule is O=c1cc(Cn2cc(CCO)nn2)nc2nc[nH]n12. The molecule has 0 atom stereocenters. The van der Waals surface area contributed by atoms with Gasteiger partial charge in [0, 0.05) is 25.3 Å². The van der Waals surface area contributed by atoms with Crippen LogP contribution in [0.2, 0.25) is 0 Å². The Morgan fingerprint density at radius 1 is 1.37 bits per heavy atom. The largest absolute Gasteiger partial charge is 0.396 e. The van der Waals surface area contributed by atoms with Gasteiger partial charge in [-0.15, -0.1) is 5.10 Å². The van der Waals surface area contributed by atoms with E-state index in [4.69, 9.17) is 5.11 Å². The Morgan fingerprint density at radius 3 is 3.11 bits per heavy atom. The third-order valence-corrected chi connectivity index (χ3v) is 2.60. The fraction of sp³-hybridized carbons (Fsp3) is 0.300. The summed E-state index contributed by atoms with van der Waals surface area (Å²) in [6.07, 6.45) is 3.57. The van der Waals surface area contributed by atoms with Gasteiger partial charge >= 0.3 is 0 Å². The minimum atomic E-state index is -0.229. The molecule has 0 saturated heterocycles. The summed E-state index contributed by atoms with van der Waals surface area (Å²) in [6.45, 7) is 0.356. The summed E-state index contributed by atoms with van der Waals surface area (Å²) in [4.78, 5) is 19.9. The van der Waals surface area contributed by atoms with Crippen molar-refractivity contribution >= 4 is 5.78 Å². The summed E-state index contributed by atoms with van der Waals surface area (Å²) in [7, 11) is 0. The lowest BCUT2D eigenvalue weighted by Gasteiger charge is -1.99. The number of H-pyrrole nitrogens is 1. The van der Waals surface area contributed by atoms with E-state index in [1.54, 1.807) is 10.9 Å². The van der Waals surface area contributed by atoms with Crippen molar-refractivity contribution in [3.8, 4) is 0 Å². The second-order valence-corrected chi connectivity index (χ2v) is 3.99. The van der Waals surface area contributed by atoms with E-state index < -0.39 is 0 Å². The molecule has 0 aliphatic carbocycles. The van der Waals surface area contributed by atoms with Crippen molar-refractivity contribution < 1.29 is 5.11 Å². The highest BCUT2D eigenvalue weighted by molar-refractivity contribution is 5.26. The third-order valence-electron chi connectivity index (χ3n) is 2.60. The molecule has 3 heterocycles. The van der Waals surface area contributed by atoms with Crippen molar-refractivity contribution in [2.75, 3.05) is 6.61 Å². The summed E-state index contributed by atoms with van der Waals surface area (Å²) in [5.74, 6) is 0.318. The molecule has 0 aromatic carbocycles. The van der Waals surface area contributed by atoms with Crippen LogP contribution in [-0.2, 0) is 13.0 Å². The van der Waals surface area contributed by atoms with Gasteiger partial charge in [0.25, 0.3) is 11.3 Å². The van der Waals surface area contributed by atoms with Crippen LogP contribution in [0, 0.1) is 0 Å². The molecule has 0 aliphatic rings. The van der Waals surface area contributed by atoms with Crippen molar-refractivity contribution in [2.24, 2.45) is 0 Å². The van der Waals surface area contributed by atoms with Crippen LogP contribution in [0.15, 0.2) is 23.4 Å². The van der Waals surface area contributed by atoms with Gasteiger partial charge in [-0.1, -0.05) is 5.21 Å². The number of aromatic nitrogens is 7. The fourth-order valence-corrected chi connectivity index (χ4v) is 1.76. The Kier molecular flexibility index (Phi) is 2.80. The van der Waals surface area contributed by atoms with Crippen LogP contribution >= 0.6 is 0 Å². The van der Waals surface area contributed by atoms with Crippen molar-refractivity contribution in [1.29, 1.82) is 0 Å². The molecule has 9 heteroatoms. The van der Waals surface area contributed by atoms with Gasteiger partial charge in [0.05, 0.1) is 17.9 Å². The number of aromatic amines is 1. The normalized spacial score (nSPS) is 11.2. The second kappa shape index (κ2) is 4.61. The van der Waals surface area contributed by atoms with Crippen LogP contribution in [0.5, 0.6) is 0 Å². The van der Waals surface area contributed by atoms with Gasteiger partial charge in [-0.2, -0.15) is 4.52 Å². The van der Waals surface area contributed by atoms with Crippen molar-refractivity contribution in [2.45, 2.75) is 13.0 Å². The predicted molar refractivity (Wildman–Crippen MR) is 63.5 cm³/mol. The van der Waals surface area contributed by atoms with Crippen LogP contribution in [0.3, 0.4) is 0 Å². The number of rotatable bonds is 4. The van der Waals surface area contributed by atoms with E-state index in [1.165, 1.54) is 16.9 Å². The molecule has 3 aromatic heterocycles. The molecule has 0 radical (unpaired) electrons. The smallest absolute Gasteiger partial charge is 0.274 e. The zero-order chi connectivity index (χ0) is 13.2. The number of hydrogen-bond donors (Lipinski definition) is 2. The topological polar surface area (TPSA) is 114 Å². The van der Waals surface area contributed by atoms with Crippen LogP contribution < -0.4 is 5.56 Å². The van der Waals surface area contributed by atoms with Gasteiger partial charge in [-0.3, -0.25) is 9.89 Å². The van der Waals surface area contributed by atoms with Crippen molar-refractivity contribution in [3.63, 3.8) is 0 Å². The number of nitrogens with zero attached hydrogens (tertiary/aromatic N) is 6. The van der Waals surface area contributed by atoms with E-state index >= 15 is 0 Å². The lowest BCUT2D eigenvalue weighted by Crippen LogP contribution is -2.17. The number of hydrogen-bond acceptors (Lipinski definition) is 6. The van der Waals surface area contributed by atoms with Gasteiger partial charge in [0.2, 0.25) is 0 Å². The number of aliphatic hydroxyl groups is 1. The molecule has 98 valence electrons. The van der Waals surface area contributed by atoms with Gasteiger partial charge in [-0.25, -0.2) is 14.6 Å². The van der Waals surface area contributed by atoms with E-state index in [-0.39, 0.29) is 12.2 Å². The maximum atomic E-state index is 11.7. The van der Waals surface area contributed by atoms with E-state index in [0.717, 1.165) is 0 Å². The number of aliphatic hydroxyl groups excluding tert-OH is 1. The van der Waals surface area contributed by atoms with Crippen molar-refractivity contribution in [3.05, 3.63) is 40.3 Å². The first-order valence-corrected chi connectivity index (χ1v) is 5.68. The highest BCUT2D eigenvalue weighted by Crippen LogP contribution is 1.99. The molecule has 0 bridgehead atoms. The highest BCUT2D eigenvalue weighted by atomic mass is 16.3. The minimum absolute atomic E-state index is 0.0253. The zero-order valence-electron chi connectivity index (χ0n) is 9.89. The lowest BCUT2D eigenvalue weighted by molar-refractivity contribution is 0.298. The predicted octanol–water partition coefficient (Wildman–Crippen LogP) is -1.41. The van der Waals surface area contributed by atoms with Crippen LogP contribution in [-0.4, -0.2) is 46.3 Å². The Labute approximate surface area is 106 Å². The van der Waals surface area contributed by atoms with E-state index in [1.807, 2.05) is 0 Å². The number of fused-ring (bicyclic) bond motifs is 1. The molecule has 19 heavy (non-hydrogen) atoms. The van der Waals surface area contributed by atoms with Crippen LogP contribution in [0.4, 0.5) is 0 Å². The summed E-state index contributed by atoms with van der Waals surface area (Å²) < 4.78 is 2.82. The quantitative estimate of drug-likeness (QED) is 0.596. The van der Waals surface area contributed by atoms with Gasteiger partial charge < -0.3 is 5.11 Å². The zero-order valence-corrected chi connectivity index (χ0v) is 9.89. The molecule has 0 unspecified atom stereocenters. The van der Waals surface area contributed by atoms with Crippen LogP contribution in [0.1, 0.15) is 11.4 Å². The molecular weight excluding hydrogens is 250 g/mol. The Hall–Kier alpha value is -2.55. The van der Waals surface area contributed by atoms with E-state index in [0.29, 0.717) is 30.1 Å². The van der Waals surface area contributed by atoms with Crippen molar-refractivity contribution in [1.82, 2.24) is 34.6 Å². The Morgan fingerprint density at radius 2 is 2.26 bits per heavy atom. The maximum Gasteiger partial charge on any atom is 0.274 e. The van der Waals surface area contributed by atoms with Crippen LogP contribution in [0.25, 0.3) is 5.78 Å². The third kappa shape index (κ3) is 2.22. The summed E-state index contributed by atoms with van der Waals surface area (Å²) in [5, 5.41) is 19.3. The first kappa shape index (κ1) is 11.5. The Balaban J connectivity index is 1.89.